The molecule has 0 saturated carbocycles. The van der Waals surface area contributed by atoms with Crippen molar-refractivity contribution in [1.29, 1.82) is 0 Å². The summed E-state index contributed by atoms with van der Waals surface area (Å²) in [7, 11) is 0. The van der Waals surface area contributed by atoms with Crippen molar-refractivity contribution < 1.29 is 0 Å². The molecule has 3 aliphatic rings. The Hall–Kier alpha value is -1.46. The van der Waals surface area contributed by atoms with Crippen LogP contribution >= 0.6 is 47.0 Å². The van der Waals surface area contributed by atoms with Gasteiger partial charge in [0.1, 0.15) is 0 Å². The molecular formula is C23H16S4. The molecule has 27 heavy (non-hydrogen) atoms. The fourth-order valence-electron chi connectivity index (χ4n) is 3.32. The lowest BCUT2D eigenvalue weighted by molar-refractivity contribution is 1.26. The first kappa shape index (κ1) is 17.6. The van der Waals surface area contributed by atoms with Crippen LogP contribution in [0.25, 0.3) is 17.2 Å². The summed E-state index contributed by atoms with van der Waals surface area (Å²) in [5, 5.41) is 6.54. The van der Waals surface area contributed by atoms with E-state index in [9.17, 15) is 0 Å². The summed E-state index contributed by atoms with van der Waals surface area (Å²) in [5.41, 5.74) is 6.92. The van der Waals surface area contributed by atoms with E-state index in [-0.39, 0.29) is 0 Å². The van der Waals surface area contributed by atoms with Gasteiger partial charge in [-0.2, -0.15) is 0 Å². The summed E-state index contributed by atoms with van der Waals surface area (Å²) >= 11 is 7.34. The molecule has 0 unspecified atom stereocenters. The third-order valence-corrected chi connectivity index (χ3v) is 9.55. The van der Waals surface area contributed by atoms with Crippen LogP contribution in [0.3, 0.4) is 0 Å². The number of rotatable bonds is 3. The number of thioether (sulfide) groups is 4. The zero-order valence-electron chi connectivity index (χ0n) is 14.4. The molecule has 132 valence electrons. The zero-order valence-corrected chi connectivity index (χ0v) is 17.7. The van der Waals surface area contributed by atoms with E-state index in [4.69, 9.17) is 0 Å². The lowest BCUT2D eigenvalue weighted by Gasteiger charge is -2.01. The number of allylic oxidation sites excluding steroid dienone is 3. The van der Waals surface area contributed by atoms with Crippen LogP contribution in [0.4, 0.5) is 0 Å². The Morgan fingerprint density at radius 3 is 2.48 bits per heavy atom. The molecule has 5 rings (SSSR count). The molecule has 0 bridgehead atoms. The minimum Gasteiger partial charge on any atom is -0.0884 e. The summed E-state index contributed by atoms with van der Waals surface area (Å²) in [5.74, 6) is 0. The standard InChI is InChI=1S/C23H16S4/c1(3-7-19-15-26-23(27-19)22-24-11-12-25-22)5-16-9-10-21-18(13-16)14-17-6-2-4-8-20(17)21/h1-13,15H,14H2/b5-1+,7-3+. The van der Waals surface area contributed by atoms with Crippen molar-refractivity contribution in [3.63, 3.8) is 0 Å². The van der Waals surface area contributed by atoms with Crippen LogP contribution < -0.4 is 0 Å². The normalized spacial score (nSPS) is 18.0. The molecule has 0 atom stereocenters. The largest absolute Gasteiger partial charge is 0.0884 e. The highest BCUT2D eigenvalue weighted by molar-refractivity contribution is 8.33. The topological polar surface area (TPSA) is 0 Å². The van der Waals surface area contributed by atoms with Crippen molar-refractivity contribution in [2.45, 2.75) is 6.42 Å². The molecule has 1 aliphatic carbocycles. The molecule has 0 N–H and O–H groups in total. The van der Waals surface area contributed by atoms with Gasteiger partial charge >= 0.3 is 0 Å². The van der Waals surface area contributed by atoms with Gasteiger partial charge in [0.15, 0.2) is 0 Å². The quantitative estimate of drug-likeness (QED) is 0.391. The van der Waals surface area contributed by atoms with Crippen molar-refractivity contribution >= 4 is 53.1 Å². The minimum absolute atomic E-state index is 1.05. The summed E-state index contributed by atoms with van der Waals surface area (Å²) < 4.78 is 2.80. The molecule has 4 heteroatoms. The van der Waals surface area contributed by atoms with E-state index in [0.717, 1.165) is 6.42 Å². The van der Waals surface area contributed by atoms with E-state index < -0.39 is 0 Å². The predicted molar refractivity (Wildman–Crippen MR) is 127 cm³/mol. The molecule has 0 spiro atoms. The Morgan fingerprint density at radius 1 is 0.741 bits per heavy atom. The number of benzene rings is 2. The zero-order chi connectivity index (χ0) is 18.1. The van der Waals surface area contributed by atoms with Crippen LogP contribution in [-0.4, -0.2) is 0 Å². The van der Waals surface area contributed by atoms with E-state index in [2.05, 4.69) is 83.0 Å². The molecule has 2 aromatic rings. The molecule has 0 radical (unpaired) electrons. The summed E-state index contributed by atoms with van der Waals surface area (Å²) in [6.07, 6.45) is 9.72. The average Bonchev–Trinajstić information content (AvgIpc) is 3.43. The average molecular weight is 421 g/mol. The van der Waals surface area contributed by atoms with Crippen LogP contribution in [0.2, 0.25) is 0 Å². The second-order valence-corrected chi connectivity index (χ2v) is 10.6. The monoisotopic (exact) mass is 420 g/mol. The van der Waals surface area contributed by atoms with Crippen molar-refractivity contribution in [3.8, 4) is 11.1 Å². The van der Waals surface area contributed by atoms with Gasteiger partial charge in [0, 0.05) is 4.91 Å². The Morgan fingerprint density at radius 2 is 1.56 bits per heavy atom. The van der Waals surface area contributed by atoms with Crippen LogP contribution in [0, 0.1) is 0 Å². The summed E-state index contributed by atoms with van der Waals surface area (Å²) in [4.78, 5) is 1.31. The molecule has 0 fully saturated rings. The van der Waals surface area contributed by atoms with Crippen LogP contribution in [0.15, 0.2) is 90.3 Å². The van der Waals surface area contributed by atoms with Gasteiger partial charge in [-0.05, 0) is 56.5 Å². The number of hydrogen-bond acceptors (Lipinski definition) is 4. The molecule has 0 nitrogen and oxygen atoms in total. The van der Waals surface area contributed by atoms with E-state index in [0.29, 0.717) is 0 Å². The Labute approximate surface area is 177 Å². The van der Waals surface area contributed by atoms with E-state index in [1.165, 1.54) is 41.2 Å². The van der Waals surface area contributed by atoms with Gasteiger partial charge in [-0.15, -0.1) is 0 Å². The van der Waals surface area contributed by atoms with Crippen molar-refractivity contribution in [3.05, 3.63) is 107 Å². The molecular weight excluding hydrogens is 405 g/mol. The third kappa shape index (κ3) is 3.77. The predicted octanol–water partition coefficient (Wildman–Crippen LogP) is 8.23. The van der Waals surface area contributed by atoms with Crippen molar-refractivity contribution in [2.24, 2.45) is 0 Å². The highest BCUT2D eigenvalue weighted by Gasteiger charge is 2.18. The van der Waals surface area contributed by atoms with E-state index >= 15 is 0 Å². The smallest absolute Gasteiger partial charge is 0.0700 e. The SMILES string of the molecule is C1=CSC(=C2SC=C(/C=C/C=C/c3ccc4c(c3)Cc3ccccc3-4)S2)S1. The first-order valence-corrected chi connectivity index (χ1v) is 12.2. The van der Waals surface area contributed by atoms with Gasteiger partial charge in [-0.1, -0.05) is 108 Å². The fraction of sp³-hybridized carbons (Fsp3) is 0.0435. The third-order valence-electron chi connectivity index (χ3n) is 4.54. The molecule has 2 aromatic carbocycles. The number of fused-ring (bicyclic) bond motifs is 3. The molecule has 2 aliphatic heterocycles. The summed E-state index contributed by atoms with van der Waals surface area (Å²) in [6.45, 7) is 0. The fourth-order valence-corrected chi connectivity index (χ4v) is 7.68. The Balaban J connectivity index is 1.24. The van der Waals surface area contributed by atoms with Gasteiger partial charge in [0.2, 0.25) is 0 Å². The second-order valence-electron chi connectivity index (χ2n) is 6.29. The van der Waals surface area contributed by atoms with Gasteiger partial charge < -0.3 is 0 Å². The van der Waals surface area contributed by atoms with Gasteiger partial charge in [-0.3, -0.25) is 0 Å². The maximum Gasteiger partial charge on any atom is 0.0700 e. The second kappa shape index (κ2) is 7.88. The lowest BCUT2D eigenvalue weighted by Crippen LogP contribution is -1.81. The Kier molecular flexibility index (Phi) is 5.14. The Bertz CT molecular complexity index is 1040. The summed E-state index contributed by atoms with van der Waals surface area (Å²) in [6, 6.07) is 15.5. The number of hydrogen-bond donors (Lipinski definition) is 0. The first-order valence-electron chi connectivity index (χ1n) is 8.70. The maximum absolute atomic E-state index is 2.32. The first-order chi connectivity index (χ1) is 13.4. The molecule has 0 saturated heterocycles. The maximum atomic E-state index is 2.32. The van der Waals surface area contributed by atoms with Crippen molar-refractivity contribution in [1.82, 2.24) is 0 Å². The molecule has 2 heterocycles. The van der Waals surface area contributed by atoms with E-state index in [1.807, 2.05) is 47.0 Å². The van der Waals surface area contributed by atoms with Gasteiger partial charge in [0.05, 0.1) is 8.47 Å². The van der Waals surface area contributed by atoms with Crippen molar-refractivity contribution in [2.75, 3.05) is 0 Å². The molecule has 0 aromatic heterocycles. The highest BCUT2D eigenvalue weighted by Crippen LogP contribution is 2.53. The highest BCUT2D eigenvalue weighted by atomic mass is 32.2. The van der Waals surface area contributed by atoms with Gasteiger partial charge in [-0.25, -0.2) is 0 Å². The molecule has 0 amide bonds. The minimum atomic E-state index is 1.05. The van der Waals surface area contributed by atoms with Gasteiger partial charge in [0.25, 0.3) is 0 Å². The van der Waals surface area contributed by atoms with Crippen LogP contribution in [0.1, 0.15) is 16.7 Å². The lowest BCUT2D eigenvalue weighted by atomic mass is 10.0. The van der Waals surface area contributed by atoms with Crippen LogP contribution in [-0.2, 0) is 6.42 Å². The van der Waals surface area contributed by atoms with Crippen LogP contribution in [0.5, 0.6) is 0 Å². The van der Waals surface area contributed by atoms with E-state index in [1.54, 1.807) is 0 Å².